The van der Waals surface area contributed by atoms with Crippen LogP contribution in [0.1, 0.15) is 11.1 Å². The number of benzene rings is 2. The van der Waals surface area contributed by atoms with Crippen molar-refractivity contribution in [3.63, 3.8) is 0 Å². The van der Waals surface area contributed by atoms with E-state index >= 15 is 0 Å². The van der Waals surface area contributed by atoms with Crippen LogP contribution >= 0.6 is 35.0 Å². The molecule has 0 N–H and O–H groups in total. The number of halogens is 2. The highest BCUT2D eigenvalue weighted by Gasteiger charge is 2.13. The molecule has 0 bridgehead atoms. The highest BCUT2D eigenvalue weighted by molar-refractivity contribution is 7.98. The van der Waals surface area contributed by atoms with E-state index in [4.69, 9.17) is 32.0 Å². The fourth-order valence-electron chi connectivity index (χ4n) is 2.58. The minimum atomic E-state index is -0.410. The summed E-state index contributed by atoms with van der Waals surface area (Å²) < 4.78 is 11.0. The maximum absolute atomic E-state index is 11.9. The number of fused-ring (bicyclic) bond motifs is 1. The molecule has 0 aliphatic heterocycles. The Kier molecular flexibility index (Phi) is 4.95. The monoisotopic (exact) mass is 418 g/mol. The van der Waals surface area contributed by atoms with Crippen LogP contribution in [0, 0.1) is 6.92 Å². The Morgan fingerprint density at radius 2 is 1.81 bits per heavy atom. The average molecular weight is 419 g/mol. The van der Waals surface area contributed by atoms with Crippen molar-refractivity contribution in [1.29, 1.82) is 0 Å². The van der Waals surface area contributed by atoms with Crippen molar-refractivity contribution >= 4 is 45.9 Å². The first-order chi connectivity index (χ1) is 13.0. The number of aromatic nitrogens is 2. The fraction of sp³-hybridized carbons (Fsp3) is 0.105. The molecule has 0 unspecified atom stereocenters. The second-order valence-electron chi connectivity index (χ2n) is 5.86. The van der Waals surface area contributed by atoms with Gasteiger partial charge in [0.25, 0.3) is 5.22 Å². The van der Waals surface area contributed by atoms with Crippen LogP contribution in [-0.4, -0.2) is 10.2 Å². The Morgan fingerprint density at radius 1 is 1.04 bits per heavy atom. The number of hydrogen-bond donors (Lipinski definition) is 0. The third-order valence-electron chi connectivity index (χ3n) is 3.96. The zero-order chi connectivity index (χ0) is 19.0. The smallest absolute Gasteiger partial charge is 0.336 e. The van der Waals surface area contributed by atoms with Gasteiger partial charge in [-0.15, -0.1) is 10.2 Å². The zero-order valence-corrected chi connectivity index (χ0v) is 16.4. The number of thioether (sulfide) groups is 1. The minimum Gasteiger partial charge on any atom is -0.423 e. The summed E-state index contributed by atoms with van der Waals surface area (Å²) in [4.78, 5) is 11.9. The predicted octanol–water partition coefficient (Wildman–Crippen LogP) is 5.75. The average Bonchev–Trinajstić information content (AvgIpc) is 3.11. The Morgan fingerprint density at radius 3 is 2.59 bits per heavy atom. The number of hydrogen-bond acceptors (Lipinski definition) is 6. The minimum absolute atomic E-state index is 0.402. The molecule has 0 saturated heterocycles. The van der Waals surface area contributed by atoms with Gasteiger partial charge in [0, 0.05) is 32.8 Å². The van der Waals surface area contributed by atoms with Crippen molar-refractivity contribution in [3.05, 3.63) is 74.1 Å². The summed E-state index contributed by atoms with van der Waals surface area (Å²) in [7, 11) is 0. The molecule has 8 heteroatoms. The number of aryl methyl sites for hydroxylation is 1. The lowest BCUT2D eigenvalue weighted by molar-refractivity contribution is 0.466. The zero-order valence-electron chi connectivity index (χ0n) is 14.0. The first kappa shape index (κ1) is 18.1. The lowest BCUT2D eigenvalue weighted by Crippen LogP contribution is -2.00. The Labute approximate surface area is 168 Å². The van der Waals surface area contributed by atoms with E-state index in [2.05, 4.69) is 10.2 Å². The maximum atomic E-state index is 11.9. The topological polar surface area (TPSA) is 69.1 Å². The van der Waals surface area contributed by atoms with Crippen LogP contribution in [0.4, 0.5) is 0 Å². The summed E-state index contributed by atoms with van der Waals surface area (Å²) >= 11 is 13.4. The summed E-state index contributed by atoms with van der Waals surface area (Å²) in [6.07, 6.45) is 0. The molecule has 4 aromatic rings. The van der Waals surface area contributed by atoms with Gasteiger partial charge < -0.3 is 8.83 Å². The van der Waals surface area contributed by atoms with Crippen LogP contribution in [0.25, 0.3) is 22.4 Å². The largest absolute Gasteiger partial charge is 0.423 e. The van der Waals surface area contributed by atoms with Gasteiger partial charge in [-0.25, -0.2) is 4.79 Å². The van der Waals surface area contributed by atoms with Crippen LogP contribution in [-0.2, 0) is 5.75 Å². The summed E-state index contributed by atoms with van der Waals surface area (Å²) in [5, 5.41) is 10.5. The number of nitrogens with zero attached hydrogens (tertiary/aromatic N) is 2. The molecule has 0 fully saturated rings. The van der Waals surface area contributed by atoms with Crippen molar-refractivity contribution < 1.29 is 8.83 Å². The van der Waals surface area contributed by atoms with Crippen LogP contribution < -0.4 is 5.63 Å². The molecule has 0 amide bonds. The third kappa shape index (κ3) is 3.88. The molecule has 4 rings (SSSR count). The molecule has 0 radical (unpaired) electrons. The highest BCUT2D eigenvalue weighted by atomic mass is 35.5. The van der Waals surface area contributed by atoms with E-state index in [1.165, 1.54) is 17.8 Å². The summed E-state index contributed by atoms with van der Waals surface area (Å²) in [6, 6.07) is 12.2. The van der Waals surface area contributed by atoms with Crippen LogP contribution in [0.15, 0.2) is 61.3 Å². The third-order valence-corrected chi connectivity index (χ3v) is 5.48. The molecule has 2 aromatic heterocycles. The van der Waals surface area contributed by atoms with Gasteiger partial charge in [-0.2, -0.15) is 0 Å². The van der Waals surface area contributed by atoms with Gasteiger partial charge in [0.1, 0.15) is 5.58 Å². The Hall–Kier alpha value is -2.28. The number of rotatable bonds is 4. The van der Waals surface area contributed by atoms with Gasteiger partial charge in [0.05, 0.1) is 0 Å². The van der Waals surface area contributed by atoms with Gasteiger partial charge in [0.2, 0.25) is 5.89 Å². The van der Waals surface area contributed by atoms with Gasteiger partial charge in [-0.05, 0) is 54.4 Å². The van der Waals surface area contributed by atoms with Gasteiger partial charge in [-0.3, -0.25) is 0 Å². The van der Waals surface area contributed by atoms with E-state index in [0.29, 0.717) is 32.5 Å². The van der Waals surface area contributed by atoms with Crippen LogP contribution in [0.3, 0.4) is 0 Å². The summed E-state index contributed by atoms with van der Waals surface area (Å²) in [5.41, 5.74) is 2.52. The standard InChI is InChI=1S/C19H12Cl2N2O3S/c1-10-6-16-14(8-15(10)21)12(7-17(24)25-16)9-27-19-23-22-18(26-19)11-2-4-13(20)5-3-11/h2-8H,9H2,1H3. The normalized spacial score (nSPS) is 11.2. The Bertz CT molecular complexity index is 1190. The van der Waals surface area contributed by atoms with Gasteiger partial charge in [-0.1, -0.05) is 35.0 Å². The molecule has 5 nitrogen and oxygen atoms in total. The fourth-order valence-corrected chi connectivity index (χ4v) is 3.63. The molecule has 0 aliphatic rings. The first-order valence-corrected chi connectivity index (χ1v) is 9.69. The maximum Gasteiger partial charge on any atom is 0.336 e. The molecule has 27 heavy (non-hydrogen) atoms. The van der Waals surface area contributed by atoms with Gasteiger partial charge in [0.15, 0.2) is 0 Å². The molecule has 0 aliphatic carbocycles. The SMILES string of the molecule is Cc1cc2oc(=O)cc(CSc3nnc(-c4ccc(Cl)cc4)o3)c2cc1Cl. The second kappa shape index (κ2) is 7.38. The lowest BCUT2D eigenvalue weighted by Gasteiger charge is -2.06. The molecule has 2 heterocycles. The van der Waals surface area contributed by atoms with Crippen molar-refractivity contribution in [2.75, 3.05) is 0 Å². The quantitative estimate of drug-likeness (QED) is 0.310. The van der Waals surface area contributed by atoms with Crippen molar-refractivity contribution in [2.45, 2.75) is 17.9 Å². The van der Waals surface area contributed by atoms with Crippen molar-refractivity contribution in [2.24, 2.45) is 0 Å². The lowest BCUT2D eigenvalue weighted by atomic mass is 10.1. The summed E-state index contributed by atoms with van der Waals surface area (Å²) in [5.74, 6) is 0.870. The van der Waals surface area contributed by atoms with Crippen molar-refractivity contribution in [1.82, 2.24) is 10.2 Å². The van der Waals surface area contributed by atoms with E-state index in [0.717, 1.165) is 22.1 Å². The Balaban J connectivity index is 1.60. The van der Waals surface area contributed by atoms with E-state index in [-0.39, 0.29) is 0 Å². The van der Waals surface area contributed by atoms with Gasteiger partial charge >= 0.3 is 5.63 Å². The molecule has 0 saturated carbocycles. The molecular weight excluding hydrogens is 407 g/mol. The molecule has 0 spiro atoms. The molecule has 2 aromatic carbocycles. The van der Waals surface area contributed by atoms with Crippen molar-refractivity contribution in [3.8, 4) is 11.5 Å². The van der Waals surface area contributed by atoms with Crippen LogP contribution in [0.5, 0.6) is 0 Å². The molecule has 136 valence electrons. The summed E-state index contributed by atoms with van der Waals surface area (Å²) in [6.45, 7) is 1.86. The van der Waals surface area contributed by atoms with E-state index in [1.807, 2.05) is 19.1 Å². The molecule has 0 atom stereocenters. The second-order valence-corrected chi connectivity index (χ2v) is 7.63. The first-order valence-electron chi connectivity index (χ1n) is 7.95. The van der Waals surface area contributed by atoms with E-state index < -0.39 is 5.63 Å². The predicted molar refractivity (Wildman–Crippen MR) is 107 cm³/mol. The van der Waals surface area contributed by atoms with Crippen LogP contribution in [0.2, 0.25) is 10.0 Å². The van der Waals surface area contributed by atoms with E-state index in [1.54, 1.807) is 24.3 Å². The highest BCUT2D eigenvalue weighted by Crippen LogP contribution is 2.30. The van der Waals surface area contributed by atoms with E-state index in [9.17, 15) is 4.79 Å². The molecular formula is C19H12Cl2N2O3S.